The molecule has 1 saturated heterocycles. The van der Waals surface area contributed by atoms with Gasteiger partial charge in [0.2, 0.25) is 65.0 Å². The molecular weight excluding hydrogens is 1430 g/mol. The maximum atomic E-state index is 15.1. The molecule has 572 valence electrons. The fourth-order valence-corrected chi connectivity index (χ4v) is 13.6. The largest absolute Gasteiger partial charge is 0.508 e. The average molecular weight is 1520 g/mol. The van der Waals surface area contributed by atoms with E-state index in [0.717, 1.165) is 20.9 Å². The minimum Gasteiger partial charge on any atom is -0.508 e. The SMILES string of the molecule is CC(=O)N[C@H](Cc1ccc2ccccc2c1)C(=O)N[C@H](Cc1ccc(Cl)cc1)C(=O)N[C@H](Cc1cc2ccccc2s1)C(=O)N[C@@H](CO)C(=O)N[C@@H](Cc1ccc(O)cc1)C(=O)N[C@H](CCCN=C(N)N)C(=O)N[C@@H](Cc1ccccc1)C(=O)N[C@@H](CCCN=C(N)N)C(=O)N1CCC[C@H]1C(=O)N[C@H](C)C(N)=O. The van der Waals surface area contributed by atoms with Crippen LogP contribution in [0.4, 0.5) is 0 Å². The summed E-state index contributed by atoms with van der Waals surface area (Å²) in [6.07, 6.45) is -0.195. The van der Waals surface area contributed by atoms with Crippen LogP contribution < -0.4 is 76.5 Å². The van der Waals surface area contributed by atoms with Crippen molar-refractivity contribution in [3.63, 3.8) is 0 Å². The smallest absolute Gasteiger partial charge is 0.245 e. The van der Waals surface area contributed by atoms with Gasteiger partial charge in [0, 0.05) is 73.3 Å². The number of fused-ring (bicyclic) bond motifs is 2. The molecule has 1 aliphatic rings. The van der Waals surface area contributed by atoms with Gasteiger partial charge in [0.15, 0.2) is 11.9 Å². The van der Waals surface area contributed by atoms with Gasteiger partial charge in [-0.3, -0.25) is 62.7 Å². The van der Waals surface area contributed by atoms with Crippen molar-refractivity contribution in [2.45, 2.75) is 145 Å². The lowest BCUT2D eigenvalue weighted by Crippen LogP contribution is -2.61. The van der Waals surface area contributed by atoms with Gasteiger partial charge in [0.1, 0.15) is 66.2 Å². The number of aromatic hydroxyl groups is 1. The van der Waals surface area contributed by atoms with Crippen molar-refractivity contribution in [2.24, 2.45) is 38.7 Å². The maximum Gasteiger partial charge on any atom is 0.245 e. The van der Waals surface area contributed by atoms with Gasteiger partial charge < -0.3 is 91.6 Å². The van der Waals surface area contributed by atoms with Crippen LogP contribution in [0.2, 0.25) is 5.02 Å². The van der Waals surface area contributed by atoms with Gasteiger partial charge in [-0.2, -0.15) is 0 Å². The molecule has 10 atom stereocenters. The van der Waals surface area contributed by atoms with Gasteiger partial charge >= 0.3 is 0 Å². The number of hydrogen-bond donors (Lipinski definition) is 16. The maximum absolute atomic E-state index is 15.1. The second-order valence-electron chi connectivity index (χ2n) is 26.3. The van der Waals surface area contributed by atoms with E-state index in [1.165, 1.54) is 54.3 Å². The van der Waals surface area contributed by atoms with Crippen LogP contribution in [0.1, 0.15) is 79.5 Å². The summed E-state index contributed by atoms with van der Waals surface area (Å²) in [5.41, 5.74) is 30.2. The molecule has 21 N–H and O–H groups in total. The highest BCUT2D eigenvalue weighted by Gasteiger charge is 2.40. The van der Waals surface area contributed by atoms with Crippen LogP contribution in [-0.4, -0.2) is 179 Å². The van der Waals surface area contributed by atoms with E-state index in [9.17, 15) is 43.8 Å². The Labute approximate surface area is 632 Å². The Morgan fingerprint density at radius 2 is 0.926 bits per heavy atom. The number of hydrogen-bond acceptors (Lipinski definition) is 16. The van der Waals surface area contributed by atoms with Crippen molar-refractivity contribution in [3.8, 4) is 5.75 Å². The number of aliphatic hydroxyl groups excluding tert-OH is 1. The Morgan fingerprint density at radius 3 is 1.46 bits per heavy atom. The summed E-state index contributed by atoms with van der Waals surface area (Å²) in [6.45, 7) is 1.70. The second kappa shape index (κ2) is 40.1. The number of nitrogens with two attached hydrogens (primary N) is 5. The number of nitrogens with zero attached hydrogens (tertiary/aromatic N) is 3. The zero-order valence-corrected chi connectivity index (χ0v) is 61.3. The van der Waals surface area contributed by atoms with E-state index < -0.39 is 132 Å². The topological polar surface area (TPSA) is 495 Å². The van der Waals surface area contributed by atoms with E-state index in [1.807, 2.05) is 72.8 Å². The third-order valence-corrected chi connectivity index (χ3v) is 19.3. The minimum atomic E-state index is -1.84. The molecule has 8 rings (SSSR count). The van der Waals surface area contributed by atoms with Gasteiger partial charge in [-0.25, -0.2) is 0 Å². The minimum absolute atomic E-state index is 0.0314. The van der Waals surface area contributed by atoms with Gasteiger partial charge in [-0.15, -0.1) is 11.3 Å². The monoisotopic (exact) mass is 1520 g/mol. The first-order valence-electron chi connectivity index (χ1n) is 35.2. The number of rotatable bonds is 38. The molecule has 1 aliphatic heterocycles. The highest BCUT2D eigenvalue weighted by Crippen LogP contribution is 2.27. The number of amides is 11. The molecule has 0 bridgehead atoms. The van der Waals surface area contributed by atoms with E-state index in [2.05, 4.69) is 57.8 Å². The number of aliphatic hydroxyl groups is 1. The lowest BCUT2D eigenvalue weighted by molar-refractivity contribution is -0.142. The molecule has 32 heteroatoms. The number of halogens is 1. The van der Waals surface area contributed by atoms with Crippen LogP contribution in [0.5, 0.6) is 5.75 Å². The molecular formula is C76H92ClN17O13S. The number of likely N-dealkylation sites (tertiary alicyclic amines) is 1. The molecule has 0 unspecified atom stereocenters. The molecule has 0 spiro atoms. The Hall–Kier alpha value is -11.7. The fourth-order valence-electron chi connectivity index (χ4n) is 12.3. The Morgan fingerprint density at radius 1 is 0.491 bits per heavy atom. The molecule has 0 aliphatic carbocycles. The molecule has 0 radical (unpaired) electrons. The van der Waals surface area contributed by atoms with Crippen molar-refractivity contribution in [1.82, 2.24) is 52.8 Å². The first-order chi connectivity index (χ1) is 51.7. The molecule has 11 amide bonds. The van der Waals surface area contributed by atoms with Crippen LogP contribution in [0.25, 0.3) is 20.9 Å². The number of aliphatic imine (C=N–C) groups is 2. The molecule has 2 heterocycles. The predicted molar refractivity (Wildman–Crippen MR) is 410 cm³/mol. The first kappa shape index (κ1) is 82.0. The standard InChI is InChI=1S/C76H92ClN17O13S/c1-43(65(78)98)85-73(106)63-20-12-34-94(63)74(107)56(19-11-33-84-76(81)82)88-69(102)58(36-45-13-4-3-5-14-45)89-66(99)55(18-10-32-83-75(79)80)87-68(101)59(38-47-25-30-53(97)31-26-47)91-72(105)62(42-95)93-71(104)61(41-54-40-51-17-8-9-21-64(51)108-54)92-70(103)60(37-46-23-28-52(77)29-24-46)90-67(100)57(86-44(2)96)39-48-22-27-49-15-6-7-16-50(49)35-48/h3-9,13-17,21-31,35,40,43,55-63,95,97H,10-12,18-20,32-34,36-39,41-42H2,1-2H3,(H2,78,98)(H,85,106)(H,86,96)(H,87,101)(H,88,102)(H,89,99)(H,90,100)(H,91,105)(H,92,103)(H,93,104)(H4,79,80,83)(H4,81,82,84)/t43-,55-,56+,57-,58+,59+,60-,61-,62+,63+/m1/s1. The number of phenols is 1. The normalized spacial score (nSPS) is 15.0. The fraction of sp³-hybridized carbons (Fsp3) is 0.355. The number of nitrogens with one attached hydrogen (secondary N) is 9. The quantitative estimate of drug-likeness (QED) is 0.0145. The van der Waals surface area contributed by atoms with Crippen molar-refractivity contribution in [3.05, 3.63) is 184 Å². The molecule has 108 heavy (non-hydrogen) atoms. The first-order valence-corrected chi connectivity index (χ1v) is 36.4. The van der Waals surface area contributed by atoms with Crippen molar-refractivity contribution in [2.75, 3.05) is 26.2 Å². The zero-order valence-electron chi connectivity index (χ0n) is 59.7. The van der Waals surface area contributed by atoms with Gasteiger partial charge in [-0.1, -0.05) is 127 Å². The zero-order chi connectivity index (χ0) is 78.0. The average Bonchev–Trinajstić information content (AvgIpc) is 1.51. The van der Waals surface area contributed by atoms with Crippen molar-refractivity contribution in [1.29, 1.82) is 0 Å². The van der Waals surface area contributed by atoms with Crippen molar-refractivity contribution < 1.29 is 63.0 Å². The van der Waals surface area contributed by atoms with Gasteiger partial charge in [-0.05, 0) is 120 Å². The van der Waals surface area contributed by atoms with E-state index in [-0.39, 0.29) is 102 Å². The summed E-state index contributed by atoms with van der Waals surface area (Å²) in [5, 5.41) is 48.7. The molecule has 7 aromatic rings. The number of guanidine groups is 2. The lowest BCUT2D eigenvalue weighted by Gasteiger charge is -2.30. The van der Waals surface area contributed by atoms with E-state index >= 15 is 19.2 Å². The highest BCUT2D eigenvalue weighted by atomic mass is 35.5. The molecule has 30 nitrogen and oxygen atoms in total. The molecule has 1 fully saturated rings. The van der Waals surface area contributed by atoms with Crippen LogP contribution in [-0.2, 0) is 84.8 Å². The van der Waals surface area contributed by atoms with E-state index in [1.54, 1.807) is 54.6 Å². The summed E-state index contributed by atoms with van der Waals surface area (Å²) in [6, 6.07) is 29.1. The number of phenolic OH excluding ortho intramolecular Hbond substituents is 1. The van der Waals surface area contributed by atoms with E-state index in [0.29, 0.717) is 38.6 Å². The third-order valence-electron chi connectivity index (χ3n) is 18.0. The Kier molecular flexibility index (Phi) is 30.5. The summed E-state index contributed by atoms with van der Waals surface area (Å²) >= 11 is 7.60. The Bertz CT molecular complexity index is 4350. The molecule has 0 saturated carbocycles. The van der Waals surface area contributed by atoms with E-state index in [4.69, 9.17) is 40.3 Å². The third kappa shape index (κ3) is 25.0. The van der Waals surface area contributed by atoms with Crippen LogP contribution in [0.15, 0.2) is 162 Å². The number of thiophene rings is 1. The number of carbonyl (C=O) groups excluding carboxylic acids is 11. The number of benzene rings is 6. The van der Waals surface area contributed by atoms with Gasteiger partial charge in [0.25, 0.3) is 0 Å². The van der Waals surface area contributed by atoms with Gasteiger partial charge in [0.05, 0.1) is 6.61 Å². The second-order valence-corrected chi connectivity index (χ2v) is 27.9. The van der Waals surface area contributed by atoms with Crippen molar-refractivity contribution >= 4 is 121 Å². The lowest BCUT2D eigenvalue weighted by atomic mass is 10.00. The molecule has 6 aromatic carbocycles. The summed E-state index contributed by atoms with van der Waals surface area (Å²) in [7, 11) is 0. The number of carbonyl (C=O) groups is 11. The summed E-state index contributed by atoms with van der Waals surface area (Å²) in [4.78, 5) is 167. The summed E-state index contributed by atoms with van der Waals surface area (Å²) in [5.74, 6) is -9.69. The predicted octanol–water partition coefficient (Wildman–Crippen LogP) is 0.906. The van der Waals surface area contributed by atoms with Crippen LogP contribution >= 0.6 is 22.9 Å². The Balaban J connectivity index is 1.06. The molecule has 1 aromatic heterocycles. The van der Waals surface area contributed by atoms with Crippen LogP contribution in [0, 0.1) is 0 Å². The van der Waals surface area contributed by atoms with Crippen LogP contribution in [0.3, 0.4) is 0 Å². The number of primary amides is 1. The highest BCUT2D eigenvalue weighted by molar-refractivity contribution is 7.19. The summed E-state index contributed by atoms with van der Waals surface area (Å²) < 4.78 is 0.847.